The Balaban J connectivity index is 1.51. The number of halogens is 3. The van der Waals surface area contributed by atoms with Gasteiger partial charge in [0.1, 0.15) is 18.1 Å². The van der Waals surface area contributed by atoms with Crippen molar-refractivity contribution in [1.29, 1.82) is 0 Å². The number of benzene rings is 2. The molecule has 2 aromatic rings. The van der Waals surface area contributed by atoms with Gasteiger partial charge in [0.05, 0.1) is 10.0 Å². The SMILES string of the molecule is O=C1/C(=C/c2cc(Cl)c(OCc3ccccc3F)c(Cl)c2)NC(=S)N1C1CCCCC1. The summed E-state index contributed by atoms with van der Waals surface area (Å²) in [5, 5.41) is 3.99. The molecule has 1 aliphatic heterocycles. The van der Waals surface area contributed by atoms with Gasteiger partial charge in [-0.2, -0.15) is 0 Å². The minimum atomic E-state index is -0.361. The minimum absolute atomic E-state index is 0.00277. The Morgan fingerprint density at radius 2 is 1.84 bits per heavy atom. The van der Waals surface area contributed by atoms with E-state index in [4.69, 9.17) is 40.2 Å². The number of ether oxygens (including phenoxy) is 1. The Labute approximate surface area is 196 Å². The molecule has 162 valence electrons. The molecule has 1 amide bonds. The van der Waals surface area contributed by atoms with E-state index in [9.17, 15) is 9.18 Å². The summed E-state index contributed by atoms with van der Waals surface area (Å²) >= 11 is 18.1. The fourth-order valence-electron chi connectivity index (χ4n) is 3.95. The standard InChI is InChI=1S/C23H21Cl2FN2O2S/c24-17-10-14(11-18(25)21(17)30-13-15-6-4-5-9-19(15)26)12-20-22(29)28(23(31)27-20)16-7-2-1-3-8-16/h4-6,9-12,16H,1-3,7-8,13H2,(H,27,31)/b20-12-. The quantitative estimate of drug-likeness (QED) is 0.416. The van der Waals surface area contributed by atoms with Crippen molar-refractivity contribution in [3.05, 3.63) is 69.1 Å². The molecule has 8 heteroatoms. The Bertz CT molecular complexity index is 1030. The van der Waals surface area contributed by atoms with Gasteiger partial charge in [-0.25, -0.2) is 4.39 Å². The third kappa shape index (κ3) is 4.86. The second-order valence-corrected chi connectivity index (χ2v) is 8.85. The molecule has 0 spiro atoms. The van der Waals surface area contributed by atoms with Crippen LogP contribution >= 0.6 is 35.4 Å². The van der Waals surface area contributed by atoms with Crippen LogP contribution < -0.4 is 10.1 Å². The maximum absolute atomic E-state index is 13.8. The Kier molecular flexibility index (Phi) is 6.80. The number of rotatable bonds is 5. The van der Waals surface area contributed by atoms with Crippen molar-refractivity contribution < 1.29 is 13.9 Å². The van der Waals surface area contributed by atoms with Crippen LogP contribution in [0.15, 0.2) is 42.1 Å². The van der Waals surface area contributed by atoms with E-state index < -0.39 is 0 Å². The third-order valence-corrected chi connectivity index (χ3v) is 6.37. The van der Waals surface area contributed by atoms with Gasteiger partial charge in [-0.05, 0) is 54.9 Å². The van der Waals surface area contributed by atoms with Crippen molar-refractivity contribution in [2.24, 2.45) is 0 Å². The van der Waals surface area contributed by atoms with Crippen molar-refractivity contribution in [3.8, 4) is 5.75 Å². The summed E-state index contributed by atoms with van der Waals surface area (Å²) in [6, 6.07) is 9.79. The van der Waals surface area contributed by atoms with Gasteiger partial charge in [0.15, 0.2) is 10.9 Å². The predicted octanol–water partition coefficient (Wildman–Crippen LogP) is 6.10. The van der Waals surface area contributed by atoms with Crippen molar-refractivity contribution in [2.45, 2.75) is 44.8 Å². The summed E-state index contributed by atoms with van der Waals surface area (Å²) in [6.45, 7) is -0.00277. The lowest BCUT2D eigenvalue weighted by Crippen LogP contribution is -2.41. The molecule has 1 saturated heterocycles. The van der Waals surface area contributed by atoms with Gasteiger partial charge in [-0.15, -0.1) is 0 Å². The fraction of sp³-hybridized carbons (Fsp3) is 0.304. The van der Waals surface area contributed by atoms with Crippen LogP contribution in [0.2, 0.25) is 10.0 Å². The zero-order valence-electron chi connectivity index (χ0n) is 16.7. The summed E-state index contributed by atoms with van der Waals surface area (Å²) in [6.07, 6.45) is 7.02. The Hall–Kier alpha value is -2.15. The molecule has 1 N–H and O–H groups in total. The Morgan fingerprint density at radius 1 is 1.16 bits per heavy atom. The first kappa shape index (κ1) is 22.1. The number of amides is 1. The lowest BCUT2D eigenvalue weighted by atomic mass is 9.94. The van der Waals surface area contributed by atoms with E-state index >= 15 is 0 Å². The number of thiocarbonyl (C=S) groups is 1. The summed E-state index contributed by atoms with van der Waals surface area (Å²) in [7, 11) is 0. The molecule has 31 heavy (non-hydrogen) atoms. The average Bonchev–Trinajstić information content (AvgIpc) is 3.02. The normalized spacial score (nSPS) is 18.5. The monoisotopic (exact) mass is 478 g/mol. The highest BCUT2D eigenvalue weighted by Gasteiger charge is 2.36. The molecule has 4 nitrogen and oxygen atoms in total. The second-order valence-electron chi connectivity index (χ2n) is 7.65. The zero-order valence-corrected chi connectivity index (χ0v) is 19.0. The van der Waals surface area contributed by atoms with Gasteiger partial charge in [0, 0.05) is 11.6 Å². The molecule has 2 aromatic carbocycles. The molecular weight excluding hydrogens is 458 g/mol. The van der Waals surface area contributed by atoms with Crippen LogP contribution in [0.4, 0.5) is 4.39 Å². The molecule has 0 aromatic heterocycles. The summed E-state index contributed by atoms with van der Waals surface area (Å²) in [5.41, 5.74) is 1.43. The average molecular weight is 479 g/mol. The van der Waals surface area contributed by atoms with Crippen molar-refractivity contribution in [2.75, 3.05) is 0 Å². The highest BCUT2D eigenvalue weighted by Crippen LogP contribution is 2.36. The molecule has 0 unspecified atom stereocenters. The van der Waals surface area contributed by atoms with E-state index in [0.29, 0.717) is 21.9 Å². The number of carbonyl (C=O) groups excluding carboxylic acids is 1. The van der Waals surface area contributed by atoms with Crippen LogP contribution in [0, 0.1) is 5.82 Å². The van der Waals surface area contributed by atoms with Crippen LogP contribution in [-0.2, 0) is 11.4 Å². The van der Waals surface area contributed by atoms with Crippen LogP contribution in [0.3, 0.4) is 0 Å². The fourth-order valence-corrected chi connectivity index (χ4v) is 4.91. The van der Waals surface area contributed by atoms with Crippen molar-refractivity contribution >= 4 is 52.5 Å². The van der Waals surface area contributed by atoms with Gasteiger partial charge < -0.3 is 10.1 Å². The molecule has 1 saturated carbocycles. The first-order valence-electron chi connectivity index (χ1n) is 10.2. The molecule has 1 aliphatic carbocycles. The number of nitrogens with zero attached hydrogens (tertiary/aromatic N) is 1. The second kappa shape index (κ2) is 9.55. The molecule has 1 heterocycles. The van der Waals surface area contributed by atoms with E-state index in [2.05, 4.69) is 5.32 Å². The maximum atomic E-state index is 13.8. The van der Waals surface area contributed by atoms with Crippen LogP contribution in [0.25, 0.3) is 6.08 Å². The lowest BCUT2D eigenvalue weighted by Gasteiger charge is -2.29. The van der Waals surface area contributed by atoms with E-state index in [1.807, 2.05) is 0 Å². The molecule has 0 radical (unpaired) electrons. The van der Waals surface area contributed by atoms with Gasteiger partial charge in [0.25, 0.3) is 5.91 Å². The lowest BCUT2D eigenvalue weighted by molar-refractivity contribution is -0.124. The number of nitrogens with one attached hydrogen (secondary N) is 1. The number of hydrogen-bond donors (Lipinski definition) is 1. The Morgan fingerprint density at radius 3 is 2.52 bits per heavy atom. The van der Waals surface area contributed by atoms with Crippen molar-refractivity contribution in [1.82, 2.24) is 10.2 Å². The van der Waals surface area contributed by atoms with E-state index in [0.717, 1.165) is 25.7 Å². The van der Waals surface area contributed by atoms with E-state index in [1.165, 1.54) is 12.5 Å². The summed E-state index contributed by atoms with van der Waals surface area (Å²) < 4.78 is 19.5. The van der Waals surface area contributed by atoms with E-state index in [1.54, 1.807) is 41.3 Å². The van der Waals surface area contributed by atoms with Gasteiger partial charge in [-0.1, -0.05) is 60.7 Å². The van der Waals surface area contributed by atoms with Crippen LogP contribution in [0.1, 0.15) is 43.2 Å². The first-order valence-corrected chi connectivity index (χ1v) is 11.3. The number of hydrogen-bond acceptors (Lipinski definition) is 3. The smallest absolute Gasteiger partial charge is 0.276 e. The highest BCUT2D eigenvalue weighted by atomic mass is 35.5. The molecule has 2 fully saturated rings. The van der Waals surface area contributed by atoms with Crippen LogP contribution in [0.5, 0.6) is 5.75 Å². The van der Waals surface area contributed by atoms with Crippen LogP contribution in [-0.4, -0.2) is 22.0 Å². The zero-order chi connectivity index (χ0) is 22.0. The predicted molar refractivity (Wildman–Crippen MR) is 125 cm³/mol. The largest absolute Gasteiger partial charge is 0.486 e. The molecule has 2 aliphatic rings. The third-order valence-electron chi connectivity index (χ3n) is 5.51. The van der Waals surface area contributed by atoms with Gasteiger partial charge in [-0.3, -0.25) is 9.69 Å². The maximum Gasteiger partial charge on any atom is 0.276 e. The van der Waals surface area contributed by atoms with Gasteiger partial charge >= 0.3 is 0 Å². The first-order chi connectivity index (χ1) is 14.9. The molecule has 4 rings (SSSR count). The van der Waals surface area contributed by atoms with E-state index in [-0.39, 0.29) is 40.2 Å². The molecule has 0 bridgehead atoms. The summed E-state index contributed by atoms with van der Waals surface area (Å²) in [4.78, 5) is 14.6. The highest BCUT2D eigenvalue weighted by molar-refractivity contribution is 7.80. The molecule has 0 atom stereocenters. The summed E-state index contributed by atoms with van der Waals surface area (Å²) in [5.74, 6) is -0.233. The molecular formula is C23H21Cl2FN2O2S. The van der Waals surface area contributed by atoms with Gasteiger partial charge in [0.2, 0.25) is 0 Å². The topological polar surface area (TPSA) is 41.6 Å². The minimum Gasteiger partial charge on any atom is -0.486 e. The number of carbonyl (C=O) groups is 1. The van der Waals surface area contributed by atoms with Crippen molar-refractivity contribution in [3.63, 3.8) is 0 Å².